The molecule has 0 spiro atoms. The SMILES string of the molecule is Cc1ccc(N)c(C(=O)NC(C)c2sc(C)nc2C)c1. The standard InChI is InChI=1S/C15H19N3OS/c1-8-5-6-13(16)12(7-8)15(19)18-10(3)14-9(2)17-11(4)20-14/h5-7,10H,16H2,1-4H3,(H,18,19). The number of hydrogen-bond acceptors (Lipinski definition) is 4. The number of aryl methyl sites for hydroxylation is 3. The third kappa shape index (κ3) is 2.99. The molecular formula is C15H19N3OS. The largest absolute Gasteiger partial charge is 0.398 e. The van der Waals surface area contributed by atoms with Gasteiger partial charge in [-0.25, -0.2) is 4.98 Å². The Kier molecular flexibility index (Phi) is 4.09. The van der Waals surface area contributed by atoms with Gasteiger partial charge in [-0.3, -0.25) is 4.79 Å². The summed E-state index contributed by atoms with van der Waals surface area (Å²) in [5, 5.41) is 3.99. The first-order valence-corrected chi connectivity index (χ1v) is 7.31. The first-order valence-electron chi connectivity index (χ1n) is 6.49. The molecule has 3 N–H and O–H groups in total. The van der Waals surface area contributed by atoms with E-state index in [0.717, 1.165) is 21.1 Å². The van der Waals surface area contributed by atoms with E-state index in [1.807, 2.05) is 39.8 Å². The van der Waals surface area contributed by atoms with Gasteiger partial charge < -0.3 is 11.1 Å². The summed E-state index contributed by atoms with van der Waals surface area (Å²) in [6.07, 6.45) is 0. The number of carbonyl (C=O) groups excluding carboxylic acids is 1. The Morgan fingerprint density at radius 1 is 1.35 bits per heavy atom. The molecule has 1 atom stereocenters. The van der Waals surface area contributed by atoms with E-state index >= 15 is 0 Å². The van der Waals surface area contributed by atoms with Crippen molar-refractivity contribution in [1.82, 2.24) is 10.3 Å². The third-order valence-corrected chi connectivity index (χ3v) is 4.39. The van der Waals surface area contributed by atoms with E-state index in [-0.39, 0.29) is 11.9 Å². The van der Waals surface area contributed by atoms with Crippen LogP contribution in [0.5, 0.6) is 0 Å². The highest BCUT2D eigenvalue weighted by atomic mass is 32.1. The Hall–Kier alpha value is -1.88. The van der Waals surface area contributed by atoms with Gasteiger partial charge >= 0.3 is 0 Å². The van der Waals surface area contributed by atoms with Crippen LogP contribution in [0.2, 0.25) is 0 Å². The average molecular weight is 289 g/mol. The number of amides is 1. The number of benzene rings is 1. The Morgan fingerprint density at radius 2 is 2.05 bits per heavy atom. The van der Waals surface area contributed by atoms with Crippen LogP contribution in [0.3, 0.4) is 0 Å². The van der Waals surface area contributed by atoms with E-state index in [4.69, 9.17) is 5.73 Å². The summed E-state index contributed by atoms with van der Waals surface area (Å²) in [7, 11) is 0. The average Bonchev–Trinajstić information content (AvgIpc) is 2.71. The monoisotopic (exact) mass is 289 g/mol. The third-order valence-electron chi connectivity index (χ3n) is 3.13. The minimum atomic E-state index is -0.149. The number of rotatable bonds is 3. The van der Waals surface area contributed by atoms with Crippen LogP contribution in [0.4, 0.5) is 5.69 Å². The minimum Gasteiger partial charge on any atom is -0.398 e. The zero-order valence-corrected chi connectivity index (χ0v) is 13.0. The summed E-state index contributed by atoms with van der Waals surface area (Å²) in [6.45, 7) is 7.83. The molecular weight excluding hydrogens is 270 g/mol. The lowest BCUT2D eigenvalue weighted by Crippen LogP contribution is -2.27. The molecule has 20 heavy (non-hydrogen) atoms. The smallest absolute Gasteiger partial charge is 0.253 e. The van der Waals surface area contributed by atoms with Crippen molar-refractivity contribution >= 4 is 22.9 Å². The molecule has 5 heteroatoms. The maximum Gasteiger partial charge on any atom is 0.253 e. The van der Waals surface area contributed by atoms with Crippen LogP contribution in [0.25, 0.3) is 0 Å². The molecule has 1 aromatic heterocycles. The molecule has 2 aromatic rings. The summed E-state index contributed by atoms with van der Waals surface area (Å²) in [5.41, 5.74) is 8.88. The summed E-state index contributed by atoms with van der Waals surface area (Å²) >= 11 is 1.61. The normalized spacial score (nSPS) is 12.2. The topological polar surface area (TPSA) is 68.0 Å². The van der Waals surface area contributed by atoms with E-state index in [2.05, 4.69) is 10.3 Å². The van der Waals surface area contributed by atoms with Crippen LogP contribution >= 0.6 is 11.3 Å². The van der Waals surface area contributed by atoms with Gasteiger partial charge in [-0.05, 0) is 39.8 Å². The van der Waals surface area contributed by atoms with Gasteiger partial charge in [-0.15, -0.1) is 11.3 Å². The predicted octanol–water partition coefficient (Wildman–Crippen LogP) is 3.14. The zero-order chi connectivity index (χ0) is 14.9. The first-order chi connectivity index (χ1) is 9.38. The van der Waals surface area contributed by atoms with Gasteiger partial charge in [-0.1, -0.05) is 11.6 Å². The second-order valence-corrected chi connectivity index (χ2v) is 6.20. The number of aromatic nitrogens is 1. The van der Waals surface area contributed by atoms with E-state index < -0.39 is 0 Å². The minimum absolute atomic E-state index is 0.0754. The highest BCUT2D eigenvalue weighted by Gasteiger charge is 2.17. The van der Waals surface area contributed by atoms with Crippen molar-refractivity contribution in [3.05, 3.63) is 44.9 Å². The Labute approximate surface area is 123 Å². The number of nitrogens with two attached hydrogens (primary N) is 1. The number of nitrogens with zero attached hydrogens (tertiary/aromatic N) is 1. The van der Waals surface area contributed by atoms with Gasteiger partial charge in [0.05, 0.1) is 22.3 Å². The van der Waals surface area contributed by atoms with Crippen molar-refractivity contribution in [2.75, 3.05) is 5.73 Å². The van der Waals surface area contributed by atoms with Gasteiger partial charge in [0.1, 0.15) is 0 Å². The molecule has 106 valence electrons. The molecule has 1 heterocycles. The maximum absolute atomic E-state index is 12.3. The second-order valence-electron chi connectivity index (χ2n) is 4.97. The summed E-state index contributed by atoms with van der Waals surface area (Å²) in [4.78, 5) is 17.8. The van der Waals surface area contributed by atoms with Gasteiger partial charge in [-0.2, -0.15) is 0 Å². The van der Waals surface area contributed by atoms with Crippen LogP contribution in [0.15, 0.2) is 18.2 Å². The number of nitrogen functional groups attached to an aromatic ring is 1. The van der Waals surface area contributed by atoms with Crippen molar-refractivity contribution in [2.45, 2.75) is 33.7 Å². The molecule has 4 nitrogen and oxygen atoms in total. The van der Waals surface area contributed by atoms with E-state index in [0.29, 0.717) is 11.3 Å². The fourth-order valence-corrected chi connectivity index (χ4v) is 3.09. The Bertz CT molecular complexity index is 649. The fraction of sp³-hybridized carbons (Fsp3) is 0.333. The lowest BCUT2D eigenvalue weighted by Gasteiger charge is -2.14. The van der Waals surface area contributed by atoms with Crippen LogP contribution < -0.4 is 11.1 Å². The summed E-state index contributed by atoms with van der Waals surface area (Å²) in [5.74, 6) is -0.149. The number of anilines is 1. The molecule has 1 aromatic carbocycles. The number of hydrogen-bond donors (Lipinski definition) is 2. The van der Waals surface area contributed by atoms with Gasteiger partial charge in [0.2, 0.25) is 0 Å². The highest BCUT2D eigenvalue weighted by Crippen LogP contribution is 2.25. The molecule has 2 rings (SSSR count). The van der Waals surface area contributed by atoms with Crippen LogP contribution in [-0.4, -0.2) is 10.9 Å². The lowest BCUT2D eigenvalue weighted by atomic mass is 10.1. The van der Waals surface area contributed by atoms with Crippen molar-refractivity contribution in [1.29, 1.82) is 0 Å². The van der Waals surface area contributed by atoms with Crippen molar-refractivity contribution in [3.63, 3.8) is 0 Å². The molecule has 0 aliphatic heterocycles. The highest BCUT2D eigenvalue weighted by molar-refractivity contribution is 7.11. The molecule has 1 amide bonds. The van der Waals surface area contributed by atoms with Crippen molar-refractivity contribution in [3.8, 4) is 0 Å². The maximum atomic E-state index is 12.3. The Balaban J connectivity index is 2.19. The molecule has 0 aliphatic carbocycles. The van der Waals surface area contributed by atoms with E-state index in [1.54, 1.807) is 17.4 Å². The molecule has 0 fully saturated rings. The van der Waals surface area contributed by atoms with Gasteiger partial charge in [0.25, 0.3) is 5.91 Å². The van der Waals surface area contributed by atoms with Crippen LogP contribution in [0, 0.1) is 20.8 Å². The Morgan fingerprint density at radius 3 is 2.65 bits per heavy atom. The number of thiazole rings is 1. The van der Waals surface area contributed by atoms with Crippen LogP contribution in [0.1, 0.15) is 44.5 Å². The van der Waals surface area contributed by atoms with Gasteiger partial charge in [0, 0.05) is 10.6 Å². The first kappa shape index (κ1) is 14.5. The van der Waals surface area contributed by atoms with Gasteiger partial charge in [0.15, 0.2) is 0 Å². The predicted molar refractivity (Wildman–Crippen MR) is 83.1 cm³/mol. The van der Waals surface area contributed by atoms with Crippen LogP contribution in [-0.2, 0) is 0 Å². The van der Waals surface area contributed by atoms with E-state index in [9.17, 15) is 4.79 Å². The summed E-state index contributed by atoms with van der Waals surface area (Å²) in [6, 6.07) is 5.39. The molecule has 0 bridgehead atoms. The molecule has 0 radical (unpaired) electrons. The number of nitrogens with one attached hydrogen (secondary N) is 1. The summed E-state index contributed by atoms with van der Waals surface area (Å²) < 4.78 is 0. The lowest BCUT2D eigenvalue weighted by molar-refractivity contribution is 0.0941. The van der Waals surface area contributed by atoms with E-state index in [1.165, 1.54) is 0 Å². The molecule has 0 saturated heterocycles. The van der Waals surface area contributed by atoms with Crippen molar-refractivity contribution < 1.29 is 4.79 Å². The number of carbonyl (C=O) groups is 1. The quantitative estimate of drug-likeness (QED) is 0.853. The molecule has 1 unspecified atom stereocenters. The second kappa shape index (κ2) is 5.63. The molecule has 0 aliphatic rings. The zero-order valence-electron chi connectivity index (χ0n) is 12.2. The molecule has 0 saturated carbocycles. The van der Waals surface area contributed by atoms with Crippen molar-refractivity contribution in [2.24, 2.45) is 0 Å². The fourth-order valence-electron chi connectivity index (χ4n) is 2.16.